The minimum absolute atomic E-state index is 0.0310. The standard InChI is InChI=1S/C27H32N4O2/c1-20-5-9-22(10-6-20)25-18-28-27(33-25)12-11-26(32)29-23-3-2-4-24(17-23)31-15-13-30(14-16-31)19-21-7-8-21/h2-6,9-10,17-18,21H,7-8,11-16,19H2,1H3,(H,29,32). The second-order valence-corrected chi connectivity index (χ2v) is 9.31. The van der Waals surface area contributed by atoms with Crippen molar-refractivity contribution in [2.75, 3.05) is 42.9 Å². The third-order valence-corrected chi connectivity index (χ3v) is 6.54. The molecule has 3 aromatic rings. The van der Waals surface area contributed by atoms with E-state index in [0.29, 0.717) is 18.7 Å². The largest absolute Gasteiger partial charge is 0.441 e. The molecular formula is C27H32N4O2. The van der Waals surface area contributed by atoms with Crippen molar-refractivity contribution in [1.82, 2.24) is 9.88 Å². The molecule has 2 fully saturated rings. The average Bonchev–Trinajstić information content (AvgIpc) is 3.52. The van der Waals surface area contributed by atoms with Crippen LogP contribution >= 0.6 is 0 Å². The fraction of sp³-hybridized carbons (Fsp3) is 0.407. The molecule has 0 unspecified atom stereocenters. The minimum atomic E-state index is -0.0310. The Labute approximate surface area is 195 Å². The maximum Gasteiger partial charge on any atom is 0.224 e. The van der Waals surface area contributed by atoms with Crippen LogP contribution in [-0.2, 0) is 11.2 Å². The maximum absolute atomic E-state index is 12.5. The molecule has 1 N–H and O–H groups in total. The zero-order chi connectivity index (χ0) is 22.6. The fourth-order valence-corrected chi connectivity index (χ4v) is 4.36. The van der Waals surface area contributed by atoms with Gasteiger partial charge in [0.25, 0.3) is 0 Å². The first-order valence-corrected chi connectivity index (χ1v) is 12.0. The number of carbonyl (C=O) groups excluding carboxylic acids is 1. The van der Waals surface area contributed by atoms with Gasteiger partial charge in [-0.15, -0.1) is 0 Å². The fourth-order valence-electron chi connectivity index (χ4n) is 4.36. The van der Waals surface area contributed by atoms with Gasteiger partial charge in [-0.2, -0.15) is 0 Å². The van der Waals surface area contributed by atoms with E-state index >= 15 is 0 Å². The number of carbonyl (C=O) groups is 1. The van der Waals surface area contributed by atoms with Crippen LogP contribution in [0.3, 0.4) is 0 Å². The molecule has 1 aliphatic heterocycles. The number of benzene rings is 2. The summed E-state index contributed by atoms with van der Waals surface area (Å²) < 4.78 is 5.84. The lowest BCUT2D eigenvalue weighted by molar-refractivity contribution is -0.116. The molecule has 0 radical (unpaired) electrons. The minimum Gasteiger partial charge on any atom is -0.441 e. The lowest BCUT2D eigenvalue weighted by Crippen LogP contribution is -2.47. The zero-order valence-corrected chi connectivity index (χ0v) is 19.3. The third-order valence-electron chi connectivity index (χ3n) is 6.54. The summed E-state index contributed by atoms with van der Waals surface area (Å²) >= 11 is 0. The van der Waals surface area contributed by atoms with Crippen LogP contribution in [0.1, 0.15) is 30.7 Å². The van der Waals surface area contributed by atoms with Crippen molar-refractivity contribution >= 4 is 17.3 Å². The van der Waals surface area contributed by atoms with Crippen molar-refractivity contribution in [2.24, 2.45) is 5.92 Å². The summed E-state index contributed by atoms with van der Waals surface area (Å²) in [4.78, 5) is 21.9. The van der Waals surface area contributed by atoms with E-state index in [1.165, 1.54) is 30.6 Å². The van der Waals surface area contributed by atoms with Gasteiger partial charge in [0.2, 0.25) is 5.91 Å². The first-order valence-electron chi connectivity index (χ1n) is 12.0. The summed E-state index contributed by atoms with van der Waals surface area (Å²) in [5, 5.41) is 3.03. The van der Waals surface area contributed by atoms with Crippen LogP contribution in [0.5, 0.6) is 0 Å². The van der Waals surface area contributed by atoms with Crippen LogP contribution in [0.25, 0.3) is 11.3 Å². The van der Waals surface area contributed by atoms with Gasteiger partial charge >= 0.3 is 0 Å². The highest BCUT2D eigenvalue weighted by atomic mass is 16.4. The molecular weight excluding hydrogens is 412 g/mol. The number of aryl methyl sites for hydroxylation is 2. The van der Waals surface area contributed by atoms with E-state index in [9.17, 15) is 4.79 Å². The van der Waals surface area contributed by atoms with E-state index < -0.39 is 0 Å². The van der Waals surface area contributed by atoms with Gasteiger partial charge in [-0.1, -0.05) is 35.9 Å². The number of anilines is 2. The van der Waals surface area contributed by atoms with Crippen molar-refractivity contribution in [2.45, 2.75) is 32.6 Å². The van der Waals surface area contributed by atoms with E-state index in [1.807, 2.05) is 36.4 Å². The number of amides is 1. The predicted molar refractivity (Wildman–Crippen MR) is 131 cm³/mol. The Morgan fingerprint density at radius 3 is 2.64 bits per heavy atom. The van der Waals surface area contributed by atoms with Gasteiger partial charge in [0.15, 0.2) is 11.7 Å². The molecule has 6 heteroatoms. The highest BCUT2D eigenvalue weighted by Crippen LogP contribution is 2.30. The summed E-state index contributed by atoms with van der Waals surface area (Å²) in [6.07, 6.45) is 5.35. The van der Waals surface area contributed by atoms with Crippen LogP contribution in [0.15, 0.2) is 59.1 Å². The average molecular weight is 445 g/mol. The van der Waals surface area contributed by atoms with Gasteiger partial charge in [0.1, 0.15) is 0 Å². The van der Waals surface area contributed by atoms with Gasteiger partial charge in [-0.25, -0.2) is 4.98 Å². The lowest BCUT2D eigenvalue weighted by atomic mass is 10.1. The lowest BCUT2D eigenvalue weighted by Gasteiger charge is -2.36. The van der Waals surface area contributed by atoms with Gasteiger partial charge in [0.05, 0.1) is 6.20 Å². The molecule has 172 valence electrons. The Balaban J connectivity index is 1.11. The maximum atomic E-state index is 12.5. The molecule has 0 spiro atoms. The Morgan fingerprint density at radius 2 is 1.88 bits per heavy atom. The Morgan fingerprint density at radius 1 is 1.09 bits per heavy atom. The van der Waals surface area contributed by atoms with E-state index in [4.69, 9.17) is 4.42 Å². The van der Waals surface area contributed by atoms with Crippen molar-refractivity contribution in [3.05, 3.63) is 66.2 Å². The molecule has 1 aromatic heterocycles. The molecule has 2 aromatic carbocycles. The molecule has 0 bridgehead atoms. The molecule has 1 saturated carbocycles. The number of nitrogens with zero attached hydrogens (tertiary/aromatic N) is 3. The molecule has 2 aliphatic rings. The number of rotatable bonds is 8. The van der Waals surface area contributed by atoms with Crippen molar-refractivity contribution in [3.8, 4) is 11.3 Å². The van der Waals surface area contributed by atoms with E-state index in [0.717, 1.165) is 49.1 Å². The summed E-state index contributed by atoms with van der Waals surface area (Å²) in [6, 6.07) is 16.3. The third kappa shape index (κ3) is 5.82. The molecule has 1 aliphatic carbocycles. The number of hydrogen-bond donors (Lipinski definition) is 1. The van der Waals surface area contributed by atoms with Gasteiger partial charge in [-0.05, 0) is 43.9 Å². The molecule has 6 nitrogen and oxygen atoms in total. The van der Waals surface area contributed by atoms with Gasteiger partial charge < -0.3 is 14.6 Å². The van der Waals surface area contributed by atoms with Crippen LogP contribution in [0.2, 0.25) is 0 Å². The SMILES string of the molecule is Cc1ccc(-c2cnc(CCC(=O)Nc3cccc(N4CCN(CC5CC5)CC4)c3)o2)cc1. The molecule has 5 rings (SSSR count). The van der Waals surface area contributed by atoms with Crippen LogP contribution < -0.4 is 10.2 Å². The van der Waals surface area contributed by atoms with Crippen molar-refractivity contribution in [1.29, 1.82) is 0 Å². The topological polar surface area (TPSA) is 61.6 Å². The zero-order valence-electron chi connectivity index (χ0n) is 19.3. The number of aromatic nitrogens is 1. The first-order chi connectivity index (χ1) is 16.1. The Hall–Kier alpha value is -3.12. The van der Waals surface area contributed by atoms with E-state index in [-0.39, 0.29) is 5.91 Å². The highest BCUT2D eigenvalue weighted by Gasteiger charge is 2.26. The second-order valence-electron chi connectivity index (χ2n) is 9.31. The van der Waals surface area contributed by atoms with Crippen LogP contribution in [0.4, 0.5) is 11.4 Å². The first kappa shape index (κ1) is 21.7. The van der Waals surface area contributed by atoms with Gasteiger partial charge in [-0.3, -0.25) is 9.69 Å². The van der Waals surface area contributed by atoms with E-state index in [1.54, 1.807) is 6.20 Å². The van der Waals surface area contributed by atoms with Crippen LogP contribution in [-0.4, -0.2) is 48.5 Å². The number of hydrogen-bond acceptors (Lipinski definition) is 5. The number of piperazine rings is 1. The summed E-state index contributed by atoms with van der Waals surface area (Å²) in [5.41, 5.74) is 4.21. The summed E-state index contributed by atoms with van der Waals surface area (Å²) in [7, 11) is 0. The molecule has 1 saturated heterocycles. The summed E-state index contributed by atoms with van der Waals surface area (Å²) in [5.74, 6) is 2.23. The molecule has 33 heavy (non-hydrogen) atoms. The molecule has 0 atom stereocenters. The molecule has 2 heterocycles. The monoisotopic (exact) mass is 444 g/mol. The highest BCUT2D eigenvalue weighted by molar-refractivity contribution is 5.91. The quantitative estimate of drug-likeness (QED) is 0.543. The molecule has 1 amide bonds. The second kappa shape index (κ2) is 9.79. The number of oxazole rings is 1. The predicted octanol–water partition coefficient (Wildman–Crippen LogP) is 4.75. The Bertz CT molecular complexity index is 1080. The Kier molecular flexibility index (Phi) is 6.44. The summed E-state index contributed by atoms with van der Waals surface area (Å²) in [6.45, 7) is 7.64. The number of nitrogens with one attached hydrogen (secondary N) is 1. The van der Waals surface area contributed by atoms with Crippen molar-refractivity contribution in [3.63, 3.8) is 0 Å². The smallest absolute Gasteiger partial charge is 0.224 e. The van der Waals surface area contributed by atoms with Crippen molar-refractivity contribution < 1.29 is 9.21 Å². The van der Waals surface area contributed by atoms with Crippen LogP contribution in [0, 0.1) is 12.8 Å². The van der Waals surface area contributed by atoms with Gasteiger partial charge in [0, 0.05) is 62.5 Å². The normalized spacial score (nSPS) is 16.7. The van der Waals surface area contributed by atoms with E-state index in [2.05, 4.69) is 39.2 Å².